The monoisotopic (exact) mass is 442 g/mol. The number of aromatic nitrogens is 2. The van der Waals surface area contributed by atoms with Gasteiger partial charge in [0.2, 0.25) is 10.0 Å². The first-order chi connectivity index (χ1) is 14.6. The molecule has 0 spiro atoms. The molecule has 1 aromatic heterocycles. The van der Waals surface area contributed by atoms with Crippen LogP contribution >= 0.6 is 0 Å². The number of imidazole rings is 1. The van der Waals surface area contributed by atoms with E-state index in [0.717, 1.165) is 23.3 Å². The second-order valence-electron chi connectivity index (χ2n) is 7.21. The number of aryl methyl sites for hydroxylation is 1. The highest BCUT2D eigenvalue weighted by Gasteiger charge is 2.16. The van der Waals surface area contributed by atoms with Gasteiger partial charge in [0.1, 0.15) is 11.6 Å². The van der Waals surface area contributed by atoms with Gasteiger partial charge in [-0.3, -0.25) is 9.10 Å². The molecule has 0 bridgehead atoms. The van der Waals surface area contributed by atoms with E-state index >= 15 is 0 Å². The van der Waals surface area contributed by atoms with Gasteiger partial charge in [0.05, 0.1) is 11.9 Å². The van der Waals surface area contributed by atoms with E-state index in [1.807, 2.05) is 42.0 Å². The predicted octanol–water partition coefficient (Wildman–Crippen LogP) is 2.66. The highest BCUT2D eigenvalue weighted by Crippen LogP contribution is 2.21. The van der Waals surface area contributed by atoms with Crippen molar-refractivity contribution in [3.05, 3.63) is 72.3 Å². The fourth-order valence-corrected chi connectivity index (χ4v) is 3.45. The molecule has 0 fully saturated rings. The topological polar surface area (TPSA) is 93.5 Å². The standard InChI is InChI=1S/C22H26N4O4S/c1-16(30-21-11-9-19(10-12-21)25(3)31(4,28)29)22(27)24-15-18-5-7-20(8-6-18)26-14-13-23-17(26)2/h5-14,16H,15H2,1-4H3,(H,24,27)/t16-/m0/s1. The Hall–Kier alpha value is -3.33. The molecule has 1 heterocycles. The number of amides is 1. The molecular weight excluding hydrogens is 416 g/mol. The Kier molecular flexibility index (Phi) is 6.65. The lowest BCUT2D eigenvalue weighted by molar-refractivity contribution is -0.127. The van der Waals surface area contributed by atoms with Crippen LogP contribution in [0.5, 0.6) is 5.75 Å². The van der Waals surface area contributed by atoms with Gasteiger partial charge in [-0.25, -0.2) is 13.4 Å². The molecule has 1 amide bonds. The van der Waals surface area contributed by atoms with Crippen LogP contribution in [0.4, 0.5) is 5.69 Å². The lowest BCUT2D eigenvalue weighted by atomic mass is 10.2. The third-order valence-electron chi connectivity index (χ3n) is 4.89. The molecule has 1 atom stereocenters. The lowest BCUT2D eigenvalue weighted by Gasteiger charge is -2.18. The van der Waals surface area contributed by atoms with Gasteiger partial charge in [-0.15, -0.1) is 0 Å². The number of ether oxygens (including phenoxy) is 1. The van der Waals surface area contributed by atoms with E-state index < -0.39 is 16.1 Å². The molecule has 0 aliphatic carbocycles. The third kappa shape index (κ3) is 5.64. The van der Waals surface area contributed by atoms with E-state index in [9.17, 15) is 13.2 Å². The molecule has 0 saturated carbocycles. The quantitative estimate of drug-likeness (QED) is 0.579. The lowest BCUT2D eigenvalue weighted by Crippen LogP contribution is -2.35. The van der Waals surface area contributed by atoms with Crippen LogP contribution in [0.15, 0.2) is 60.9 Å². The zero-order valence-electron chi connectivity index (χ0n) is 17.9. The van der Waals surface area contributed by atoms with Gasteiger partial charge >= 0.3 is 0 Å². The van der Waals surface area contributed by atoms with Crippen molar-refractivity contribution in [1.82, 2.24) is 14.9 Å². The minimum absolute atomic E-state index is 0.244. The van der Waals surface area contributed by atoms with Crippen molar-refractivity contribution < 1.29 is 17.9 Å². The van der Waals surface area contributed by atoms with E-state index in [0.29, 0.717) is 18.0 Å². The van der Waals surface area contributed by atoms with Crippen LogP contribution in [0.25, 0.3) is 5.69 Å². The molecule has 9 heteroatoms. The fraction of sp³-hybridized carbons (Fsp3) is 0.273. The number of hydrogen-bond donors (Lipinski definition) is 1. The van der Waals surface area contributed by atoms with Gasteiger partial charge < -0.3 is 14.6 Å². The van der Waals surface area contributed by atoms with E-state index in [4.69, 9.17) is 4.74 Å². The molecule has 0 unspecified atom stereocenters. The van der Waals surface area contributed by atoms with Crippen molar-refractivity contribution in [3.8, 4) is 11.4 Å². The van der Waals surface area contributed by atoms with Crippen LogP contribution < -0.4 is 14.4 Å². The number of nitrogens with one attached hydrogen (secondary N) is 1. The summed E-state index contributed by atoms with van der Waals surface area (Å²) < 4.78 is 32.0. The summed E-state index contributed by atoms with van der Waals surface area (Å²) >= 11 is 0. The van der Waals surface area contributed by atoms with Crippen LogP contribution in [0, 0.1) is 6.92 Å². The summed E-state index contributed by atoms with van der Waals surface area (Å²) in [5.74, 6) is 1.14. The summed E-state index contributed by atoms with van der Waals surface area (Å²) in [6.07, 6.45) is 4.08. The maximum absolute atomic E-state index is 12.4. The maximum Gasteiger partial charge on any atom is 0.261 e. The first-order valence-electron chi connectivity index (χ1n) is 9.73. The van der Waals surface area contributed by atoms with Gasteiger partial charge in [-0.05, 0) is 55.8 Å². The van der Waals surface area contributed by atoms with Crippen molar-refractivity contribution in [2.75, 3.05) is 17.6 Å². The van der Waals surface area contributed by atoms with Gasteiger partial charge in [0, 0.05) is 31.7 Å². The average Bonchev–Trinajstić information content (AvgIpc) is 3.17. The zero-order valence-corrected chi connectivity index (χ0v) is 18.8. The van der Waals surface area contributed by atoms with E-state index in [2.05, 4.69) is 10.3 Å². The number of benzene rings is 2. The second kappa shape index (κ2) is 9.22. The van der Waals surface area contributed by atoms with Crippen molar-refractivity contribution >= 4 is 21.6 Å². The summed E-state index contributed by atoms with van der Waals surface area (Å²) in [6.45, 7) is 3.98. The molecule has 2 aromatic carbocycles. The number of carbonyl (C=O) groups is 1. The summed E-state index contributed by atoms with van der Waals surface area (Å²) in [4.78, 5) is 16.6. The Morgan fingerprint density at radius 3 is 2.35 bits per heavy atom. The summed E-state index contributed by atoms with van der Waals surface area (Å²) in [6, 6.07) is 14.4. The van der Waals surface area contributed by atoms with Crippen molar-refractivity contribution in [2.24, 2.45) is 0 Å². The van der Waals surface area contributed by atoms with Crippen molar-refractivity contribution in [1.29, 1.82) is 0 Å². The minimum atomic E-state index is -3.33. The SMILES string of the molecule is Cc1nccn1-c1ccc(CNC(=O)[C@H](C)Oc2ccc(N(C)S(C)(=O)=O)cc2)cc1. The average molecular weight is 443 g/mol. The molecule has 8 nitrogen and oxygen atoms in total. The molecule has 1 N–H and O–H groups in total. The predicted molar refractivity (Wildman–Crippen MR) is 120 cm³/mol. The Bertz CT molecular complexity index is 1140. The van der Waals surface area contributed by atoms with Gasteiger partial charge in [-0.2, -0.15) is 0 Å². The van der Waals surface area contributed by atoms with E-state index in [-0.39, 0.29) is 5.91 Å². The Morgan fingerprint density at radius 2 is 1.81 bits per heavy atom. The highest BCUT2D eigenvalue weighted by molar-refractivity contribution is 7.92. The number of sulfonamides is 1. The van der Waals surface area contributed by atoms with Crippen LogP contribution in [0.1, 0.15) is 18.3 Å². The molecule has 0 radical (unpaired) electrons. The summed E-state index contributed by atoms with van der Waals surface area (Å²) in [5.41, 5.74) is 2.49. The van der Waals surface area contributed by atoms with Crippen LogP contribution in [-0.2, 0) is 21.4 Å². The number of rotatable bonds is 8. The molecule has 164 valence electrons. The summed E-state index contributed by atoms with van der Waals surface area (Å²) in [5, 5.41) is 2.86. The van der Waals surface area contributed by atoms with Crippen LogP contribution in [-0.4, -0.2) is 43.3 Å². The first kappa shape index (κ1) is 22.4. The Balaban J connectivity index is 1.53. The Labute approximate surface area is 182 Å². The fourth-order valence-electron chi connectivity index (χ4n) is 2.94. The van der Waals surface area contributed by atoms with Crippen LogP contribution in [0.2, 0.25) is 0 Å². The molecule has 3 rings (SSSR count). The summed E-state index contributed by atoms with van der Waals surface area (Å²) in [7, 11) is -1.86. The number of nitrogens with zero attached hydrogens (tertiary/aromatic N) is 3. The normalized spacial score (nSPS) is 12.3. The molecule has 3 aromatic rings. The molecule has 0 saturated heterocycles. The van der Waals surface area contributed by atoms with Crippen LogP contribution in [0.3, 0.4) is 0 Å². The number of carbonyl (C=O) groups excluding carboxylic acids is 1. The smallest absolute Gasteiger partial charge is 0.261 e. The first-order valence-corrected chi connectivity index (χ1v) is 11.6. The minimum Gasteiger partial charge on any atom is -0.481 e. The second-order valence-corrected chi connectivity index (χ2v) is 9.23. The van der Waals surface area contributed by atoms with Gasteiger partial charge in [0.15, 0.2) is 6.10 Å². The third-order valence-corrected chi connectivity index (χ3v) is 6.09. The number of anilines is 1. The molecule has 31 heavy (non-hydrogen) atoms. The number of hydrogen-bond acceptors (Lipinski definition) is 5. The van der Waals surface area contributed by atoms with Crippen molar-refractivity contribution in [3.63, 3.8) is 0 Å². The zero-order chi connectivity index (χ0) is 22.6. The van der Waals surface area contributed by atoms with Gasteiger partial charge in [0.25, 0.3) is 5.91 Å². The molecule has 0 aliphatic heterocycles. The van der Waals surface area contributed by atoms with Crippen molar-refractivity contribution in [2.45, 2.75) is 26.5 Å². The van der Waals surface area contributed by atoms with E-state index in [1.165, 1.54) is 11.4 Å². The molecule has 0 aliphatic rings. The Morgan fingerprint density at radius 1 is 1.16 bits per heavy atom. The van der Waals surface area contributed by atoms with Gasteiger partial charge in [-0.1, -0.05) is 12.1 Å². The van der Waals surface area contributed by atoms with E-state index in [1.54, 1.807) is 37.4 Å². The maximum atomic E-state index is 12.4. The highest BCUT2D eigenvalue weighted by atomic mass is 32.2. The molecular formula is C22H26N4O4S. The largest absolute Gasteiger partial charge is 0.481 e.